The fourth-order valence-electron chi connectivity index (χ4n) is 1.93. The van der Waals surface area contributed by atoms with Gasteiger partial charge in [-0.05, 0) is 38.8 Å². The molecule has 0 spiro atoms. The van der Waals surface area contributed by atoms with E-state index >= 15 is 0 Å². The van der Waals surface area contributed by atoms with Gasteiger partial charge in [-0.25, -0.2) is 4.79 Å². The second-order valence-corrected chi connectivity index (χ2v) is 5.12. The molecule has 6 nitrogen and oxygen atoms in total. The van der Waals surface area contributed by atoms with Crippen LogP contribution in [-0.4, -0.2) is 29.6 Å². The third-order valence-corrected chi connectivity index (χ3v) is 3.25. The number of carboxylic acid groups (broad SMARTS) is 1. The van der Waals surface area contributed by atoms with Crippen molar-refractivity contribution in [2.75, 3.05) is 6.54 Å². The van der Waals surface area contributed by atoms with Gasteiger partial charge in [0.15, 0.2) is 0 Å². The van der Waals surface area contributed by atoms with Crippen LogP contribution in [-0.2, 0) is 11.3 Å². The van der Waals surface area contributed by atoms with Crippen LogP contribution >= 0.6 is 0 Å². The number of rotatable bonds is 8. The second kappa shape index (κ2) is 6.56. The highest BCUT2D eigenvalue weighted by molar-refractivity contribution is 5.84. The Balaban J connectivity index is 1.62. The number of carbonyl (C=O) groups excluding carboxylic acids is 1. The van der Waals surface area contributed by atoms with E-state index in [9.17, 15) is 9.59 Å². The molecule has 0 unspecified atom stereocenters. The largest absolute Gasteiger partial charge is 0.475 e. The van der Waals surface area contributed by atoms with Crippen LogP contribution in [0.1, 0.15) is 47.6 Å². The number of nitrogens with one attached hydrogen (secondary N) is 2. The smallest absolute Gasteiger partial charge is 0.371 e. The summed E-state index contributed by atoms with van der Waals surface area (Å²) >= 11 is 0. The summed E-state index contributed by atoms with van der Waals surface area (Å²) in [5, 5.41) is 14.9. The lowest BCUT2D eigenvalue weighted by molar-refractivity contribution is -0.121. The lowest BCUT2D eigenvalue weighted by Gasteiger charge is -2.04. The molecule has 3 N–H and O–H groups in total. The number of furan rings is 1. The van der Waals surface area contributed by atoms with Crippen LogP contribution in [0.4, 0.5) is 0 Å². The first-order valence-electron chi connectivity index (χ1n) is 6.89. The van der Waals surface area contributed by atoms with Crippen molar-refractivity contribution in [2.24, 2.45) is 0 Å². The van der Waals surface area contributed by atoms with E-state index in [1.54, 1.807) is 6.92 Å². The maximum atomic E-state index is 11.4. The number of amides is 1. The van der Waals surface area contributed by atoms with E-state index in [0.717, 1.165) is 24.8 Å². The molecule has 20 heavy (non-hydrogen) atoms. The molecule has 0 bridgehead atoms. The predicted octanol–water partition coefficient (Wildman–Crippen LogP) is 1.43. The third kappa shape index (κ3) is 4.38. The van der Waals surface area contributed by atoms with Crippen LogP contribution in [0.5, 0.6) is 0 Å². The van der Waals surface area contributed by atoms with Crippen LogP contribution in [0.15, 0.2) is 10.5 Å². The Morgan fingerprint density at radius 3 is 2.80 bits per heavy atom. The first-order valence-corrected chi connectivity index (χ1v) is 6.89. The Kier molecular flexibility index (Phi) is 4.79. The lowest BCUT2D eigenvalue weighted by Crippen LogP contribution is -2.26. The predicted molar refractivity (Wildman–Crippen MR) is 72.5 cm³/mol. The van der Waals surface area contributed by atoms with Gasteiger partial charge in [-0.3, -0.25) is 4.79 Å². The SMILES string of the molecule is Cc1oc(C(=O)O)cc1CNCCCC(=O)NC1CC1. The standard InChI is InChI=1S/C14H20N2O4/c1-9-10(7-12(20-9)14(18)19)8-15-6-2-3-13(17)16-11-4-5-11/h7,11,15H,2-6,8H2,1H3,(H,16,17)(H,18,19). The first-order chi connectivity index (χ1) is 9.56. The quantitative estimate of drug-likeness (QED) is 0.627. The molecule has 0 aromatic carbocycles. The van der Waals surface area contributed by atoms with Gasteiger partial charge in [0, 0.05) is 24.6 Å². The zero-order valence-electron chi connectivity index (χ0n) is 11.6. The summed E-state index contributed by atoms with van der Waals surface area (Å²) in [6.45, 7) is 3.00. The highest BCUT2D eigenvalue weighted by Crippen LogP contribution is 2.18. The first kappa shape index (κ1) is 14.6. The summed E-state index contributed by atoms with van der Waals surface area (Å²) in [7, 11) is 0. The van der Waals surface area contributed by atoms with Crippen molar-refractivity contribution in [3.05, 3.63) is 23.2 Å². The molecule has 6 heteroatoms. The molecule has 1 aromatic heterocycles. The monoisotopic (exact) mass is 280 g/mol. The molecule has 1 aromatic rings. The van der Waals surface area contributed by atoms with Gasteiger partial charge in [-0.1, -0.05) is 0 Å². The van der Waals surface area contributed by atoms with Gasteiger partial charge >= 0.3 is 5.97 Å². The average Bonchev–Trinajstić information content (AvgIpc) is 3.11. The molecule has 110 valence electrons. The fourth-order valence-corrected chi connectivity index (χ4v) is 1.93. The maximum absolute atomic E-state index is 11.4. The number of carbonyl (C=O) groups is 2. The van der Waals surface area contributed by atoms with E-state index in [1.807, 2.05) is 0 Å². The Morgan fingerprint density at radius 2 is 2.20 bits per heavy atom. The van der Waals surface area contributed by atoms with Crippen molar-refractivity contribution in [2.45, 2.75) is 45.2 Å². The molecule has 0 atom stereocenters. The van der Waals surface area contributed by atoms with Crippen LogP contribution in [0.3, 0.4) is 0 Å². The summed E-state index contributed by atoms with van der Waals surface area (Å²) in [4.78, 5) is 22.2. The van der Waals surface area contributed by atoms with Crippen LogP contribution in [0, 0.1) is 6.92 Å². The zero-order valence-corrected chi connectivity index (χ0v) is 11.6. The second-order valence-electron chi connectivity index (χ2n) is 5.12. The summed E-state index contributed by atoms with van der Waals surface area (Å²) in [5.41, 5.74) is 0.838. The van der Waals surface area contributed by atoms with Crippen LogP contribution in [0.2, 0.25) is 0 Å². The van der Waals surface area contributed by atoms with E-state index in [0.29, 0.717) is 31.3 Å². The molecule has 1 aliphatic rings. The van der Waals surface area contributed by atoms with E-state index in [2.05, 4.69) is 10.6 Å². The minimum atomic E-state index is -1.06. The number of hydrogen-bond donors (Lipinski definition) is 3. The molecule has 0 radical (unpaired) electrons. The summed E-state index contributed by atoms with van der Waals surface area (Å²) in [6.07, 6.45) is 3.50. The molecule has 2 rings (SSSR count). The third-order valence-electron chi connectivity index (χ3n) is 3.25. The molecule has 1 saturated carbocycles. The Labute approximate surface area is 117 Å². The van der Waals surface area contributed by atoms with Gasteiger partial charge in [0.05, 0.1) is 0 Å². The Hall–Kier alpha value is -1.82. The molecule has 1 amide bonds. The minimum Gasteiger partial charge on any atom is -0.475 e. The average molecular weight is 280 g/mol. The normalized spacial score (nSPS) is 14.2. The molecular weight excluding hydrogens is 260 g/mol. The lowest BCUT2D eigenvalue weighted by atomic mass is 10.2. The van der Waals surface area contributed by atoms with Gasteiger partial charge in [-0.2, -0.15) is 0 Å². The van der Waals surface area contributed by atoms with Crippen molar-refractivity contribution < 1.29 is 19.1 Å². The highest BCUT2D eigenvalue weighted by Gasteiger charge is 2.22. The van der Waals surface area contributed by atoms with Gasteiger partial charge in [0.1, 0.15) is 5.76 Å². The van der Waals surface area contributed by atoms with Crippen molar-refractivity contribution in [3.8, 4) is 0 Å². The minimum absolute atomic E-state index is 0.0388. The van der Waals surface area contributed by atoms with Gasteiger partial charge < -0.3 is 20.2 Å². The fraction of sp³-hybridized carbons (Fsp3) is 0.571. The van der Waals surface area contributed by atoms with E-state index < -0.39 is 5.97 Å². The molecule has 0 aliphatic heterocycles. The van der Waals surface area contributed by atoms with Crippen molar-refractivity contribution >= 4 is 11.9 Å². The van der Waals surface area contributed by atoms with Crippen LogP contribution in [0.25, 0.3) is 0 Å². The summed E-state index contributed by atoms with van der Waals surface area (Å²) < 4.78 is 5.12. The molecular formula is C14H20N2O4. The number of aromatic carboxylic acids is 1. The molecule has 0 saturated heterocycles. The Bertz CT molecular complexity index is 491. The van der Waals surface area contributed by atoms with Gasteiger partial charge in [0.25, 0.3) is 0 Å². The molecule has 1 fully saturated rings. The highest BCUT2D eigenvalue weighted by atomic mass is 16.4. The number of hydrogen-bond acceptors (Lipinski definition) is 4. The van der Waals surface area contributed by atoms with Crippen molar-refractivity contribution in [3.63, 3.8) is 0 Å². The number of aryl methyl sites for hydroxylation is 1. The van der Waals surface area contributed by atoms with E-state index in [1.165, 1.54) is 6.07 Å². The van der Waals surface area contributed by atoms with Crippen molar-refractivity contribution in [1.29, 1.82) is 0 Å². The topological polar surface area (TPSA) is 91.6 Å². The van der Waals surface area contributed by atoms with Crippen molar-refractivity contribution in [1.82, 2.24) is 10.6 Å². The van der Waals surface area contributed by atoms with E-state index in [-0.39, 0.29) is 11.7 Å². The molecule has 1 heterocycles. The summed E-state index contributed by atoms with van der Waals surface area (Å²) in [5.74, 6) is -0.373. The zero-order chi connectivity index (χ0) is 14.5. The van der Waals surface area contributed by atoms with Gasteiger partial charge in [0.2, 0.25) is 11.7 Å². The summed E-state index contributed by atoms with van der Waals surface area (Å²) in [6, 6.07) is 1.95. The molecule has 1 aliphatic carbocycles. The number of carboxylic acids is 1. The van der Waals surface area contributed by atoms with E-state index in [4.69, 9.17) is 9.52 Å². The van der Waals surface area contributed by atoms with Crippen LogP contribution < -0.4 is 10.6 Å². The van der Waals surface area contributed by atoms with Gasteiger partial charge in [-0.15, -0.1) is 0 Å². The Morgan fingerprint density at radius 1 is 1.45 bits per heavy atom. The maximum Gasteiger partial charge on any atom is 0.371 e.